The van der Waals surface area contributed by atoms with E-state index in [0.717, 1.165) is 25.7 Å². The number of ether oxygens (including phenoxy) is 2. The largest absolute Gasteiger partial charge is 0.495 e. The van der Waals surface area contributed by atoms with E-state index in [1.807, 2.05) is 0 Å². The lowest BCUT2D eigenvalue weighted by Crippen LogP contribution is -2.32. The van der Waals surface area contributed by atoms with Gasteiger partial charge < -0.3 is 14.8 Å². The smallest absolute Gasteiger partial charge is 0.338 e. The van der Waals surface area contributed by atoms with E-state index < -0.39 is 28.0 Å². The Labute approximate surface area is 198 Å². The summed E-state index contributed by atoms with van der Waals surface area (Å²) >= 11 is 5.97. The Morgan fingerprint density at radius 2 is 1.76 bits per heavy atom. The summed E-state index contributed by atoms with van der Waals surface area (Å²) in [5.41, 5.74) is 0.384. The van der Waals surface area contributed by atoms with E-state index in [4.69, 9.17) is 21.1 Å². The molecular weight excluding hydrogens is 468 g/mol. The number of sulfonamides is 1. The van der Waals surface area contributed by atoms with Gasteiger partial charge in [0, 0.05) is 18.1 Å². The van der Waals surface area contributed by atoms with Crippen LogP contribution in [0.15, 0.2) is 47.4 Å². The van der Waals surface area contributed by atoms with Gasteiger partial charge in [0.05, 0.1) is 23.3 Å². The molecular formula is C23H27ClN2O6S. The van der Waals surface area contributed by atoms with Gasteiger partial charge in [0.1, 0.15) is 5.75 Å². The third-order valence-electron chi connectivity index (χ3n) is 5.34. The molecule has 3 rings (SSSR count). The van der Waals surface area contributed by atoms with E-state index in [9.17, 15) is 18.0 Å². The number of methoxy groups -OCH3 is 1. The molecule has 1 heterocycles. The first-order chi connectivity index (χ1) is 15.7. The zero-order chi connectivity index (χ0) is 24.0. The minimum atomic E-state index is -3.72. The van der Waals surface area contributed by atoms with Crippen molar-refractivity contribution >= 4 is 39.2 Å². The van der Waals surface area contributed by atoms with Crippen LogP contribution in [-0.2, 0) is 19.6 Å². The van der Waals surface area contributed by atoms with Gasteiger partial charge in [-0.1, -0.05) is 30.5 Å². The van der Waals surface area contributed by atoms with E-state index in [-0.39, 0.29) is 10.5 Å². The molecule has 0 saturated carbocycles. The average molecular weight is 495 g/mol. The fourth-order valence-corrected chi connectivity index (χ4v) is 5.24. The van der Waals surface area contributed by atoms with Crippen LogP contribution in [0.1, 0.15) is 43.0 Å². The molecule has 8 nitrogen and oxygen atoms in total. The summed E-state index contributed by atoms with van der Waals surface area (Å²) in [5, 5.41) is 3.02. The van der Waals surface area contributed by atoms with Crippen LogP contribution in [0.25, 0.3) is 0 Å². The number of rotatable bonds is 7. The summed E-state index contributed by atoms with van der Waals surface area (Å²) in [6, 6.07) is 10.4. The minimum absolute atomic E-state index is 0.0274. The van der Waals surface area contributed by atoms with Crippen LogP contribution in [0.5, 0.6) is 5.75 Å². The number of anilines is 1. The van der Waals surface area contributed by atoms with Gasteiger partial charge in [0.15, 0.2) is 6.10 Å². The van der Waals surface area contributed by atoms with Crippen molar-refractivity contribution in [1.82, 2.24) is 4.31 Å². The molecule has 178 valence electrons. The first-order valence-corrected chi connectivity index (χ1v) is 12.5. The number of carbonyl (C=O) groups excluding carboxylic acids is 2. The van der Waals surface area contributed by atoms with Crippen molar-refractivity contribution in [2.24, 2.45) is 0 Å². The van der Waals surface area contributed by atoms with Crippen LogP contribution >= 0.6 is 11.6 Å². The topological polar surface area (TPSA) is 102 Å². The van der Waals surface area contributed by atoms with Gasteiger partial charge in [-0.3, -0.25) is 4.79 Å². The molecule has 2 aromatic rings. The molecule has 1 fully saturated rings. The van der Waals surface area contributed by atoms with Gasteiger partial charge in [0.2, 0.25) is 10.0 Å². The number of halogens is 1. The molecule has 0 radical (unpaired) electrons. The van der Waals surface area contributed by atoms with Gasteiger partial charge in [-0.25, -0.2) is 13.2 Å². The Morgan fingerprint density at radius 3 is 2.42 bits per heavy atom. The van der Waals surface area contributed by atoms with Crippen molar-refractivity contribution < 1.29 is 27.5 Å². The Kier molecular flexibility index (Phi) is 8.34. The lowest BCUT2D eigenvalue weighted by molar-refractivity contribution is -0.123. The van der Waals surface area contributed by atoms with Crippen LogP contribution in [0, 0.1) is 0 Å². The van der Waals surface area contributed by atoms with Gasteiger partial charge >= 0.3 is 5.97 Å². The maximum absolute atomic E-state index is 13.0. The van der Waals surface area contributed by atoms with E-state index in [2.05, 4.69) is 5.32 Å². The summed E-state index contributed by atoms with van der Waals surface area (Å²) < 4.78 is 38.0. The SMILES string of the molecule is COc1ccc(Cl)cc1NC(=O)C(C)OC(=O)c1cccc(S(=O)(=O)N2CCCCCC2)c1. The Hall–Kier alpha value is -2.62. The predicted molar refractivity (Wildman–Crippen MR) is 125 cm³/mol. The maximum Gasteiger partial charge on any atom is 0.338 e. The number of esters is 1. The summed E-state index contributed by atoms with van der Waals surface area (Å²) in [7, 11) is -2.27. The number of carbonyl (C=O) groups is 2. The highest BCUT2D eigenvalue weighted by Gasteiger charge is 2.27. The maximum atomic E-state index is 13.0. The summed E-state index contributed by atoms with van der Waals surface area (Å²) in [5.74, 6) is -0.987. The zero-order valence-corrected chi connectivity index (χ0v) is 20.1. The molecule has 1 N–H and O–H groups in total. The predicted octanol–water partition coefficient (Wildman–Crippen LogP) is 4.10. The van der Waals surface area contributed by atoms with Crippen molar-refractivity contribution in [3.63, 3.8) is 0 Å². The number of benzene rings is 2. The number of nitrogens with one attached hydrogen (secondary N) is 1. The Bertz CT molecular complexity index is 1110. The molecule has 1 atom stereocenters. The van der Waals surface area contributed by atoms with Crippen molar-refractivity contribution in [2.75, 3.05) is 25.5 Å². The normalized spacial score (nSPS) is 15.8. The van der Waals surface area contributed by atoms with E-state index in [1.54, 1.807) is 12.1 Å². The fraction of sp³-hybridized carbons (Fsp3) is 0.391. The molecule has 2 aromatic carbocycles. The number of hydrogen-bond donors (Lipinski definition) is 1. The standard InChI is InChI=1S/C23H27ClN2O6S/c1-16(22(27)25-20-15-18(24)10-11-21(20)31-2)32-23(28)17-8-7-9-19(14-17)33(29,30)26-12-5-3-4-6-13-26/h7-11,14-16H,3-6,12-13H2,1-2H3,(H,25,27). The number of amides is 1. The van der Waals surface area contributed by atoms with Crippen LogP contribution in [0.4, 0.5) is 5.69 Å². The van der Waals surface area contributed by atoms with Crippen molar-refractivity contribution in [1.29, 1.82) is 0 Å². The average Bonchev–Trinajstić information content (AvgIpc) is 3.09. The summed E-state index contributed by atoms with van der Waals surface area (Å²) in [4.78, 5) is 25.2. The molecule has 33 heavy (non-hydrogen) atoms. The molecule has 1 aliphatic heterocycles. The monoisotopic (exact) mass is 494 g/mol. The molecule has 1 saturated heterocycles. The minimum Gasteiger partial charge on any atom is -0.495 e. The molecule has 1 amide bonds. The second kappa shape index (κ2) is 11.0. The van der Waals surface area contributed by atoms with Gasteiger partial charge in [-0.2, -0.15) is 4.31 Å². The lowest BCUT2D eigenvalue weighted by atomic mass is 10.2. The second-order valence-corrected chi connectivity index (χ2v) is 10.1. The van der Waals surface area contributed by atoms with E-state index >= 15 is 0 Å². The fourth-order valence-electron chi connectivity index (χ4n) is 3.51. The molecule has 10 heteroatoms. The van der Waals surface area contributed by atoms with Crippen LogP contribution in [0.3, 0.4) is 0 Å². The highest BCUT2D eigenvalue weighted by molar-refractivity contribution is 7.89. The quantitative estimate of drug-likeness (QED) is 0.581. The number of hydrogen-bond acceptors (Lipinski definition) is 6. The van der Waals surface area contributed by atoms with Gasteiger partial charge in [-0.15, -0.1) is 0 Å². The van der Waals surface area contributed by atoms with Crippen molar-refractivity contribution in [2.45, 2.75) is 43.6 Å². The van der Waals surface area contributed by atoms with Crippen LogP contribution in [-0.4, -0.2) is 50.9 Å². The Balaban J connectivity index is 1.70. The molecule has 0 bridgehead atoms. The Morgan fingerprint density at radius 1 is 1.06 bits per heavy atom. The second-order valence-electron chi connectivity index (χ2n) is 7.73. The number of nitrogens with zero attached hydrogens (tertiary/aromatic N) is 1. The van der Waals surface area contributed by atoms with Crippen LogP contribution in [0.2, 0.25) is 5.02 Å². The molecule has 0 aromatic heterocycles. The highest BCUT2D eigenvalue weighted by atomic mass is 35.5. The van der Waals surface area contributed by atoms with Crippen molar-refractivity contribution in [3.8, 4) is 5.75 Å². The highest BCUT2D eigenvalue weighted by Crippen LogP contribution is 2.28. The third kappa shape index (κ3) is 6.25. The van der Waals surface area contributed by atoms with E-state index in [0.29, 0.717) is 29.5 Å². The zero-order valence-electron chi connectivity index (χ0n) is 18.5. The first-order valence-electron chi connectivity index (χ1n) is 10.7. The summed E-state index contributed by atoms with van der Waals surface area (Å²) in [6.45, 7) is 2.34. The molecule has 1 aliphatic rings. The first kappa shape index (κ1) is 25.0. The van der Waals surface area contributed by atoms with Gasteiger partial charge in [-0.05, 0) is 56.2 Å². The van der Waals surface area contributed by atoms with Gasteiger partial charge in [0.25, 0.3) is 5.91 Å². The molecule has 0 spiro atoms. The lowest BCUT2D eigenvalue weighted by Gasteiger charge is -2.20. The molecule has 1 unspecified atom stereocenters. The third-order valence-corrected chi connectivity index (χ3v) is 7.47. The molecule has 0 aliphatic carbocycles. The van der Waals surface area contributed by atoms with Crippen LogP contribution < -0.4 is 10.1 Å². The summed E-state index contributed by atoms with van der Waals surface area (Å²) in [6.07, 6.45) is 2.47. The van der Waals surface area contributed by atoms with Crippen molar-refractivity contribution in [3.05, 3.63) is 53.1 Å². The van der Waals surface area contributed by atoms with E-state index in [1.165, 1.54) is 48.7 Å².